The summed E-state index contributed by atoms with van der Waals surface area (Å²) in [5, 5.41) is 3.89. The molecule has 1 aliphatic heterocycles. The van der Waals surface area contributed by atoms with Gasteiger partial charge in [-0.15, -0.1) is 0 Å². The van der Waals surface area contributed by atoms with Gasteiger partial charge >= 0.3 is 0 Å². The minimum atomic E-state index is 0.381. The maximum Gasteiger partial charge on any atom is 0.0309 e. The molecule has 2 fully saturated rings. The summed E-state index contributed by atoms with van der Waals surface area (Å²) >= 11 is 0. The van der Waals surface area contributed by atoms with Gasteiger partial charge in [-0.2, -0.15) is 0 Å². The summed E-state index contributed by atoms with van der Waals surface area (Å²) in [6.07, 6.45) is 6.93. The highest BCUT2D eigenvalue weighted by molar-refractivity contribution is 5.05. The van der Waals surface area contributed by atoms with Crippen LogP contribution in [0.1, 0.15) is 66.7 Å². The zero-order valence-electron chi connectivity index (χ0n) is 13.7. The molecule has 2 aliphatic rings. The molecule has 0 amide bonds. The predicted molar refractivity (Wildman–Crippen MR) is 83.5 cm³/mol. The first-order chi connectivity index (χ1) is 8.98. The first-order valence-electron chi connectivity index (χ1n) is 8.48. The summed E-state index contributed by atoms with van der Waals surface area (Å²) in [6, 6.07) is 1.46. The number of unbranched alkanes of at least 4 members (excludes halogenated alkanes) is 1. The van der Waals surface area contributed by atoms with E-state index in [-0.39, 0.29) is 0 Å². The molecule has 2 heteroatoms. The third kappa shape index (κ3) is 3.52. The van der Waals surface area contributed by atoms with Crippen LogP contribution in [0.15, 0.2) is 0 Å². The van der Waals surface area contributed by atoms with E-state index in [1.165, 1.54) is 45.2 Å². The lowest BCUT2D eigenvalue weighted by atomic mass is 9.86. The van der Waals surface area contributed by atoms with Crippen LogP contribution in [0, 0.1) is 11.8 Å². The van der Waals surface area contributed by atoms with Crippen LogP contribution in [-0.2, 0) is 0 Å². The molecule has 0 radical (unpaired) electrons. The number of hydrogen-bond donors (Lipinski definition) is 1. The Morgan fingerprint density at radius 1 is 1.26 bits per heavy atom. The van der Waals surface area contributed by atoms with Crippen molar-refractivity contribution in [3.63, 3.8) is 0 Å². The molecular formula is C17H34N2. The van der Waals surface area contributed by atoms with Crippen LogP contribution >= 0.6 is 0 Å². The fourth-order valence-electron chi connectivity index (χ4n) is 3.77. The van der Waals surface area contributed by atoms with E-state index in [0.29, 0.717) is 5.54 Å². The molecule has 0 aromatic carbocycles. The highest BCUT2D eigenvalue weighted by Crippen LogP contribution is 2.42. The Kier molecular flexibility index (Phi) is 4.94. The van der Waals surface area contributed by atoms with E-state index < -0.39 is 0 Å². The largest absolute Gasteiger partial charge is 0.308 e. The highest BCUT2D eigenvalue weighted by Gasteiger charge is 2.47. The molecular weight excluding hydrogens is 232 g/mol. The number of piperazine rings is 1. The Hall–Kier alpha value is -0.0800. The maximum absolute atomic E-state index is 3.89. The second-order valence-electron chi connectivity index (χ2n) is 7.55. The van der Waals surface area contributed by atoms with Gasteiger partial charge in [0.25, 0.3) is 0 Å². The zero-order chi connectivity index (χ0) is 14.0. The SMILES string of the molecule is CCCCC(C)N1CC(C)(C2CC2)NCC1C(C)C. The van der Waals surface area contributed by atoms with Gasteiger partial charge in [0.1, 0.15) is 0 Å². The van der Waals surface area contributed by atoms with Crippen molar-refractivity contribution in [3.05, 3.63) is 0 Å². The summed E-state index contributed by atoms with van der Waals surface area (Å²) in [5.41, 5.74) is 0.381. The zero-order valence-corrected chi connectivity index (χ0v) is 13.7. The second-order valence-corrected chi connectivity index (χ2v) is 7.55. The molecule has 112 valence electrons. The molecule has 1 saturated carbocycles. The summed E-state index contributed by atoms with van der Waals surface area (Å²) in [7, 11) is 0. The van der Waals surface area contributed by atoms with E-state index in [9.17, 15) is 0 Å². The lowest BCUT2D eigenvalue weighted by Crippen LogP contribution is -2.66. The molecule has 0 aromatic heterocycles. The normalized spacial score (nSPS) is 34.7. The van der Waals surface area contributed by atoms with Crippen molar-refractivity contribution in [1.82, 2.24) is 10.2 Å². The van der Waals surface area contributed by atoms with Crippen LogP contribution < -0.4 is 5.32 Å². The van der Waals surface area contributed by atoms with Crippen molar-refractivity contribution >= 4 is 0 Å². The van der Waals surface area contributed by atoms with E-state index in [1.807, 2.05) is 0 Å². The van der Waals surface area contributed by atoms with E-state index in [1.54, 1.807) is 0 Å². The highest BCUT2D eigenvalue weighted by atomic mass is 15.3. The molecule has 1 N–H and O–H groups in total. The van der Waals surface area contributed by atoms with Crippen LogP contribution in [0.3, 0.4) is 0 Å². The monoisotopic (exact) mass is 266 g/mol. The van der Waals surface area contributed by atoms with Gasteiger partial charge in [-0.3, -0.25) is 4.90 Å². The molecule has 1 saturated heterocycles. The van der Waals surface area contributed by atoms with Crippen LogP contribution in [-0.4, -0.2) is 35.6 Å². The van der Waals surface area contributed by atoms with Crippen molar-refractivity contribution in [3.8, 4) is 0 Å². The molecule has 3 atom stereocenters. The second kappa shape index (κ2) is 6.13. The summed E-state index contributed by atoms with van der Waals surface area (Å²) in [5.74, 6) is 1.68. The molecule has 1 aliphatic carbocycles. The number of hydrogen-bond acceptors (Lipinski definition) is 2. The molecule has 0 bridgehead atoms. The van der Waals surface area contributed by atoms with Crippen molar-refractivity contribution in [2.45, 2.75) is 84.3 Å². The first-order valence-corrected chi connectivity index (χ1v) is 8.48. The summed E-state index contributed by atoms with van der Waals surface area (Å²) < 4.78 is 0. The van der Waals surface area contributed by atoms with Crippen LogP contribution in [0.4, 0.5) is 0 Å². The minimum Gasteiger partial charge on any atom is -0.308 e. The fourth-order valence-corrected chi connectivity index (χ4v) is 3.77. The van der Waals surface area contributed by atoms with E-state index in [0.717, 1.165) is 23.9 Å². The Bertz CT molecular complexity index is 285. The standard InChI is InChI=1S/C17H34N2/c1-6-7-8-14(4)19-12-17(5,15-9-10-15)18-11-16(19)13(2)3/h13-16,18H,6-12H2,1-5H3. The van der Waals surface area contributed by atoms with Crippen molar-refractivity contribution < 1.29 is 0 Å². The van der Waals surface area contributed by atoms with Crippen molar-refractivity contribution in [2.24, 2.45) is 11.8 Å². The Morgan fingerprint density at radius 2 is 1.95 bits per heavy atom. The van der Waals surface area contributed by atoms with E-state index in [2.05, 4.69) is 44.8 Å². The average molecular weight is 266 g/mol. The van der Waals surface area contributed by atoms with Gasteiger partial charge in [-0.05, 0) is 44.9 Å². The first kappa shape index (κ1) is 15.3. The van der Waals surface area contributed by atoms with Crippen LogP contribution in [0.2, 0.25) is 0 Å². The van der Waals surface area contributed by atoms with E-state index in [4.69, 9.17) is 0 Å². The maximum atomic E-state index is 3.89. The van der Waals surface area contributed by atoms with Crippen LogP contribution in [0.5, 0.6) is 0 Å². The molecule has 2 nitrogen and oxygen atoms in total. The molecule has 2 rings (SSSR count). The molecule has 1 heterocycles. The topological polar surface area (TPSA) is 15.3 Å². The molecule has 0 aromatic rings. The van der Waals surface area contributed by atoms with Crippen LogP contribution in [0.25, 0.3) is 0 Å². The van der Waals surface area contributed by atoms with Gasteiger partial charge in [-0.25, -0.2) is 0 Å². The quantitative estimate of drug-likeness (QED) is 0.789. The Balaban J connectivity index is 2.03. The van der Waals surface area contributed by atoms with Gasteiger partial charge in [0.15, 0.2) is 0 Å². The Labute approximate surface area is 120 Å². The minimum absolute atomic E-state index is 0.381. The van der Waals surface area contributed by atoms with Gasteiger partial charge in [0, 0.05) is 30.7 Å². The summed E-state index contributed by atoms with van der Waals surface area (Å²) in [4.78, 5) is 2.83. The fraction of sp³-hybridized carbons (Fsp3) is 1.00. The smallest absolute Gasteiger partial charge is 0.0309 e. The third-order valence-electron chi connectivity index (χ3n) is 5.44. The lowest BCUT2D eigenvalue weighted by Gasteiger charge is -2.50. The Morgan fingerprint density at radius 3 is 2.47 bits per heavy atom. The number of rotatable bonds is 6. The molecule has 0 spiro atoms. The van der Waals surface area contributed by atoms with E-state index >= 15 is 0 Å². The number of nitrogens with one attached hydrogen (secondary N) is 1. The molecule has 19 heavy (non-hydrogen) atoms. The lowest BCUT2D eigenvalue weighted by molar-refractivity contribution is 0.0204. The summed E-state index contributed by atoms with van der Waals surface area (Å²) in [6.45, 7) is 14.4. The number of nitrogens with zero attached hydrogens (tertiary/aromatic N) is 1. The average Bonchev–Trinajstić information content (AvgIpc) is 3.20. The van der Waals surface area contributed by atoms with Gasteiger partial charge in [0.05, 0.1) is 0 Å². The van der Waals surface area contributed by atoms with Crippen molar-refractivity contribution in [2.75, 3.05) is 13.1 Å². The van der Waals surface area contributed by atoms with Gasteiger partial charge in [0.2, 0.25) is 0 Å². The van der Waals surface area contributed by atoms with Gasteiger partial charge < -0.3 is 5.32 Å². The molecule has 3 unspecified atom stereocenters. The van der Waals surface area contributed by atoms with Crippen molar-refractivity contribution in [1.29, 1.82) is 0 Å². The third-order valence-corrected chi connectivity index (χ3v) is 5.44. The predicted octanol–water partition coefficient (Wildman–Crippen LogP) is 3.66. The van der Waals surface area contributed by atoms with Gasteiger partial charge in [-0.1, -0.05) is 33.6 Å².